The fraction of sp³-hybridized carbons (Fsp3) is 1.00. The van der Waals surface area contributed by atoms with Crippen molar-refractivity contribution in [2.75, 3.05) is 0 Å². The van der Waals surface area contributed by atoms with Crippen LogP contribution >= 0.6 is 23.5 Å². The second-order valence-electron chi connectivity index (χ2n) is 4.59. The van der Waals surface area contributed by atoms with Gasteiger partial charge in [0.2, 0.25) is 0 Å². The number of aliphatic hydroxyl groups excluding tert-OH is 3. The quantitative estimate of drug-likeness (QED) is 0.150. The number of rotatable bonds is 6. The minimum atomic E-state index is -5.77. The van der Waals surface area contributed by atoms with E-state index in [1.54, 1.807) is 0 Å². The molecule has 0 aromatic rings. The van der Waals surface area contributed by atoms with Crippen molar-refractivity contribution in [1.82, 2.24) is 0 Å². The number of aliphatic hydroxyl groups is 3. The van der Waals surface area contributed by atoms with Crippen LogP contribution in [0.3, 0.4) is 0 Å². The van der Waals surface area contributed by atoms with Crippen molar-refractivity contribution in [2.45, 2.75) is 36.6 Å². The SMILES string of the molecule is O=P([O-])(O)OC1[C@@H](OP(=O)([O-])O)[C@H](O)C(O)[C@@H](O)[C@H]1OP(=O)([O-])O.[H-].[Na+].[Na+].[Na+]. The molecule has 0 spiro atoms. The molecule has 0 bridgehead atoms. The molecule has 0 saturated heterocycles. The molecule has 1 fully saturated rings. The van der Waals surface area contributed by atoms with Crippen molar-refractivity contribution in [2.24, 2.45) is 0 Å². The molecule has 5 unspecified atom stereocenters. The van der Waals surface area contributed by atoms with E-state index >= 15 is 0 Å². The molecule has 0 radical (unpaired) electrons. The van der Waals surface area contributed by atoms with Crippen molar-refractivity contribution in [3.05, 3.63) is 0 Å². The summed E-state index contributed by atoms with van der Waals surface area (Å²) in [5, 5.41) is 28.8. The Labute approximate surface area is 219 Å². The van der Waals surface area contributed by atoms with Crippen molar-refractivity contribution in [3.63, 3.8) is 0 Å². The minimum Gasteiger partial charge on any atom is -1.00 e. The van der Waals surface area contributed by atoms with Gasteiger partial charge in [0.15, 0.2) is 0 Å². The van der Waals surface area contributed by atoms with E-state index in [9.17, 15) is 43.7 Å². The first-order valence-electron chi connectivity index (χ1n) is 5.72. The standard InChI is InChI=1S/C6H15O15P3.3Na.H/c7-1-2(8)4(19-22(10,11)12)6(21-24(16,17)18)5(3(1)9)20-23(13,14)15;;;;/h1-9H,(H2,10,11,12)(H2,13,14,15)(H2,16,17,18);;;;/q;3*+1;-1/p-3/t1?,2-,3-,4-,5+,6?;;;;/m1..../s1. The van der Waals surface area contributed by atoms with E-state index in [4.69, 9.17) is 14.7 Å². The van der Waals surface area contributed by atoms with E-state index < -0.39 is 60.1 Å². The zero-order valence-electron chi connectivity index (χ0n) is 15.2. The van der Waals surface area contributed by atoms with Gasteiger partial charge >= 0.3 is 88.7 Å². The Bertz CT molecular complexity index is 556. The summed E-state index contributed by atoms with van der Waals surface area (Å²) in [7, 11) is -17.2. The number of phosphoric ester groups is 3. The van der Waals surface area contributed by atoms with Crippen LogP contribution in [0.4, 0.5) is 0 Å². The summed E-state index contributed by atoms with van der Waals surface area (Å²) in [6.45, 7) is 0. The van der Waals surface area contributed by atoms with Crippen LogP contribution in [0.1, 0.15) is 1.43 Å². The summed E-state index contributed by atoms with van der Waals surface area (Å²) < 4.78 is 44.1. The van der Waals surface area contributed by atoms with E-state index in [0.29, 0.717) is 0 Å². The molecular weight excluding hydrogens is 474 g/mol. The molecule has 27 heavy (non-hydrogen) atoms. The van der Waals surface area contributed by atoms with Gasteiger partial charge in [0.05, 0.1) is 0 Å². The first kappa shape index (κ1) is 34.8. The van der Waals surface area contributed by atoms with Crippen molar-refractivity contribution >= 4 is 23.5 Å². The summed E-state index contributed by atoms with van der Waals surface area (Å²) in [6, 6.07) is 0. The van der Waals surface area contributed by atoms with Crippen LogP contribution in [0.2, 0.25) is 0 Å². The largest absolute Gasteiger partial charge is 1.00 e. The van der Waals surface area contributed by atoms with Crippen LogP contribution in [0.5, 0.6) is 0 Å². The van der Waals surface area contributed by atoms with Crippen LogP contribution in [-0.4, -0.2) is 66.6 Å². The Kier molecular flexibility index (Phi) is 16.8. The molecule has 9 atom stereocenters. The Morgan fingerprint density at radius 2 is 0.815 bits per heavy atom. The molecule has 0 aromatic carbocycles. The average molecular weight is 487 g/mol. The summed E-state index contributed by atoms with van der Waals surface area (Å²) in [4.78, 5) is 58.3. The van der Waals surface area contributed by atoms with E-state index in [2.05, 4.69) is 13.6 Å². The van der Waals surface area contributed by atoms with Gasteiger partial charge in [-0.2, -0.15) is 0 Å². The molecule has 0 amide bonds. The predicted octanol–water partition coefficient (Wildman–Crippen LogP) is -14.3. The maximum absolute atomic E-state index is 10.8. The topological polar surface area (TPSA) is 269 Å². The van der Waals surface area contributed by atoms with Gasteiger partial charge in [-0.1, -0.05) is 0 Å². The van der Waals surface area contributed by atoms with Gasteiger partial charge in [0.25, 0.3) is 23.5 Å². The summed E-state index contributed by atoms with van der Waals surface area (Å²) >= 11 is 0. The monoisotopic (exact) mass is 487 g/mol. The molecule has 0 heterocycles. The molecule has 146 valence electrons. The maximum atomic E-state index is 10.8. The first-order valence-corrected chi connectivity index (χ1v) is 10.2. The molecule has 0 aromatic heterocycles. The molecule has 1 saturated carbocycles. The minimum absolute atomic E-state index is 0. The Balaban J connectivity index is -0.000000720. The van der Waals surface area contributed by atoms with Gasteiger partial charge in [-0.15, -0.1) is 0 Å². The van der Waals surface area contributed by atoms with Gasteiger partial charge < -0.3 is 59.7 Å². The maximum Gasteiger partial charge on any atom is 1.00 e. The van der Waals surface area contributed by atoms with Gasteiger partial charge in [-0.05, 0) is 0 Å². The Morgan fingerprint density at radius 3 is 1.04 bits per heavy atom. The molecule has 0 aliphatic heterocycles. The van der Waals surface area contributed by atoms with Crippen molar-refractivity contribution in [1.29, 1.82) is 0 Å². The molecule has 6 N–H and O–H groups in total. The fourth-order valence-electron chi connectivity index (χ4n) is 1.99. The van der Waals surface area contributed by atoms with Gasteiger partial charge in [-0.3, -0.25) is 13.7 Å². The predicted molar refractivity (Wildman–Crippen MR) is 63.2 cm³/mol. The molecular formula is C6H13Na3O15P3-. The van der Waals surface area contributed by atoms with Crippen LogP contribution in [0.25, 0.3) is 0 Å². The average Bonchev–Trinajstić information content (AvgIpc) is 2.32. The van der Waals surface area contributed by atoms with E-state index in [0.717, 1.165) is 0 Å². The number of hydrogen-bond acceptors (Lipinski definition) is 12. The van der Waals surface area contributed by atoms with Crippen LogP contribution in [0, 0.1) is 0 Å². The molecule has 1 aliphatic carbocycles. The van der Waals surface area contributed by atoms with Crippen LogP contribution in [0.15, 0.2) is 0 Å². The Morgan fingerprint density at radius 1 is 0.593 bits per heavy atom. The van der Waals surface area contributed by atoms with E-state index in [1.807, 2.05) is 0 Å². The smallest absolute Gasteiger partial charge is 1.00 e. The Hall–Kier alpha value is 3.21. The molecule has 1 rings (SSSR count). The van der Waals surface area contributed by atoms with Gasteiger partial charge in [-0.25, -0.2) is 0 Å². The van der Waals surface area contributed by atoms with Gasteiger partial charge in [0, 0.05) is 0 Å². The second kappa shape index (κ2) is 13.0. The van der Waals surface area contributed by atoms with E-state index in [-0.39, 0.29) is 90.1 Å². The normalized spacial score (nSPS) is 37.2. The fourth-order valence-corrected chi connectivity index (χ4v) is 3.64. The third kappa shape index (κ3) is 12.1. The van der Waals surface area contributed by atoms with Crippen LogP contribution < -0.4 is 103 Å². The molecule has 15 nitrogen and oxygen atoms in total. The third-order valence-electron chi connectivity index (χ3n) is 2.79. The zero-order valence-corrected chi connectivity index (χ0v) is 22.8. The number of phosphoric acid groups is 3. The number of hydrogen-bond donors (Lipinski definition) is 6. The third-order valence-corrected chi connectivity index (χ3v) is 4.31. The summed E-state index contributed by atoms with van der Waals surface area (Å²) in [5.41, 5.74) is 0. The second-order valence-corrected chi connectivity index (χ2v) is 8.03. The summed E-state index contributed by atoms with van der Waals surface area (Å²) in [6.07, 6.45) is -15.0. The zero-order chi connectivity index (χ0) is 19.1. The van der Waals surface area contributed by atoms with E-state index in [1.165, 1.54) is 0 Å². The molecule has 21 heteroatoms. The van der Waals surface area contributed by atoms with Crippen LogP contribution in [-0.2, 0) is 27.3 Å². The summed E-state index contributed by atoms with van der Waals surface area (Å²) in [5.74, 6) is 0. The van der Waals surface area contributed by atoms with Crippen molar-refractivity contribution in [3.8, 4) is 0 Å². The molecule has 1 aliphatic rings. The first-order chi connectivity index (χ1) is 10.5. The van der Waals surface area contributed by atoms with Gasteiger partial charge in [0.1, 0.15) is 36.6 Å². The van der Waals surface area contributed by atoms with Crippen molar-refractivity contribution < 1.29 is 162 Å².